The summed E-state index contributed by atoms with van der Waals surface area (Å²) >= 11 is 0. The van der Waals surface area contributed by atoms with Crippen LogP contribution in [-0.4, -0.2) is 56.7 Å². The highest BCUT2D eigenvalue weighted by molar-refractivity contribution is 5.65. The number of anilines is 1. The SMILES string of the molecule is CC1CN(C(=O)O)CCN1c1nccnc1OCc1ccncc1. The van der Waals surface area contributed by atoms with Gasteiger partial charge in [0, 0.05) is 50.5 Å². The highest BCUT2D eigenvalue weighted by Crippen LogP contribution is 2.27. The normalized spacial score (nSPS) is 17.6. The quantitative estimate of drug-likeness (QED) is 0.911. The average molecular weight is 329 g/mol. The van der Waals surface area contributed by atoms with Crippen LogP contribution in [0.25, 0.3) is 0 Å². The zero-order valence-electron chi connectivity index (χ0n) is 13.4. The summed E-state index contributed by atoms with van der Waals surface area (Å²) in [7, 11) is 0. The number of rotatable bonds is 4. The second-order valence-electron chi connectivity index (χ2n) is 5.60. The molecule has 3 rings (SSSR count). The van der Waals surface area contributed by atoms with E-state index in [1.54, 1.807) is 24.8 Å². The predicted molar refractivity (Wildman–Crippen MR) is 87.0 cm³/mol. The molecule has 0 bridgehead atoms. The van der Waals surface area contributed by atoms with Gasteiger partial charge in [0.25, 0.3) is 5.88 Å². The van der Waals surface area contributed by atoms with Crippen LogP contribution in [0.15, 0.2) is 36.9 Å². The molecule has 0 radical (unpaired) electrons. The van der Waals surface area contributed by atoms with Gasteiger partial charge in [-0.15, -0.1) is 0 Å². The molecular formula is C16H19N5O3. The summed E-state index contributed by atoms with van der Waals surface area (Å²) in [5.41, 5.74) is 0.991. The monoisotopic (exact) mass is 329 g/mol. The van der Waals surface area contributed by atoms with Crippen molar-refractivity contribution in [1.29, 1.82) is 0 Å². The lowest BCUT2D eigenvalue weighted by atomic mass is 10.2. The fourth-order valence-corrected chi connectivity index (χ4v) is 2.69. The summed E-state index contributed by atoms with van der Waals surface area (Å²) in [4.78, 5) is 27.2. The van der Waals surface area contributed by atoms with E-state index in [9.17, 15) is 4.79 Å². The molecule has 1 unspecified atom stereocenters. The van der Waals surface area contributed by atoms with Crippen LogP contribution < -0.4 is 9.64 Å². The second-order valence-corrected chi connectivity index (χ2v) is 5.60. The molecule has 126 valence electrons. The van der Waals surface area contributed by atoms with E-state index in [2.05, 4.69) is 15.0 Å². The molecule has 2 aromatic heterocycles. The first-order valence-corrected chi connectivity index (χ1v) is 7.72. The molecule has 1 saturated heterocycles. The Kier molecular flexibility index (Phi) is 4.74. The summed E-state index contributed by atoms with van der Waals surface area (Å²) in [5.74, 6) is 1.09. The van der Waals surface area contributed by atoms with Crippen LogP contribution in [0.3, 0.4) is 0 Å². The third-order valence-electron chi connectivity index (χ3n) is 3.94. The molecule has 3 heterocycles. The van der Waals surface area contributed by atoms with E-state index < -0.39 is 6.09 Å². The number of hydrogen-bond acceptors (Lipinski definition) is 6. The minimum absolute atomic E-state index is 0.00479. The fourth-order valence-electron chi connectivity index (χ4n) is 2.69. The highest BCUT2D eigenvalue weighted by Gasteiger charge is 2.29. The van der Waals surface area contributed by atoms with Crippen LogP contribution in [0.5, 0.6) is 5.88 Å². The minimum Gasteiger partial charge on any atom is -0.470 e. The van der Waals surface area contributed by atoms with E-state index in [0.29, 0.717) is 37.9 Å². The smallest absolute Gasteiger partial charge is 0.407 e. The third kappa shape index (κ3) is 3.53. The molecule has 1 fully saturated rings. The van der Waals surface area contributed by atoms with Gasteiger partial charge in [0.05, 0.1) is 0 Å². The lowest BCUT2D eigenvalue weighted by molar-refractivity contribution is 0.136. The summed E-state index contributed by atoms with van der Waals surface area (Å²) < 4.78 is 5.83. The van der Waals surface area contributed by atoms with Gasteiger partial charge in [-0.3, -0.25) is 4.98 Å². The zero-order valence-corrected chi connectivity index (χ0v) is 13.4. The Hall–Kier alpha value is -2.90. The van der Waals surface area contributed by atoms with Gasteiger partial charge in [-0.05, 0) is 24.6 Å². The van der Waals surface area contributed by atoms with Gasteiger partial charge in [-0.25, -0.2) is 14.8 Å². The number of carboxylic acid groups (broad SMARTS) is 1. The first kappa shape index (κ1) is 16.0. The van der Waals surface area contributed by atoms with Crippen molar-refractivity contribution in [1.82, 2.24) is 19.9 Å². The molecule has 1 aliphatic heterocycles. The van der Waals surface area contributed by atoms with Crippen molar-refractivity contribution >= 4 is 11.9 Å². The Bertz CT molecular complexity index is 697. The molecule has 0 aliphatic carbocycles. The topological polar surface area (TPSA) is 91.7 Å². The van der Waals surface area contributed by atoms with Gasteiger partial charge in [0.2, 0.25) is 0 Å². The number of hydrogen-bond donors (Lipinski definition) is 1. The lowest BCUT2D eigenvalue weighted by Gasteiger charge is -2.39. The Balaban J connectivity index is 1.73. The van der Waals surface area contributed by atoms with Gasteiger partial charge in [0.15, 0.2) is 5.82 Å². The molecule has 2 aromatic rings. The molecular weight excluding hydrogens is 310 g/mol. The number of nitrogens with zero attached hydrogens (tertiary/aromatic N) is 5. The summed E-state index contributed by atoms with van der Waals surface area (Å²) in [5, 5.41) is 9.13. The molecule has 0 spiro atoms. The van der Waals surface area contributed by atoms with Crippen molar-refractivity contribution < 1.29 is 14.6 Å². The molecule has 0 saturated carbocycles. The Labute approximate surface area is 139 Å². The van der Waals surface area contributed by atoms with Crippen molar-refractivity contribution in [2.75, 3.05) is 24.5 Å². The van der Waals surface area contributed by atoms with Crippen LogP contribution in [0.4, 0.5) is 10.6 Å². The molecule has 1 N–H and O–H groups in total. The van der Waals surface area contributed by atoms with Crippen molar-refractivity contribution in [3.8, 4) is 5.88 Å². The number of carbonyl (C=O) groups is 1. The first-order valence-electron chi connectivity index (χ1n) is 7.72. The fraction of sp³-hybridized carbons (Fsp3) is 0.375. The lowest BCUT2D eigenvalue weighted by Crippen LogP contribution is -2.53. The average Bonchev–Trinajstić information content (AvgIpc) is 2.61. The summed E-state index contributed by atoms with van der Waals surface area (Å²) in [6.07, 6.45) is 5.73. The molecule has 8 nitrogen and oxygen atoms in total. The predicted octanol–water partition coefficient (Wildman–Crippen LogP) is 1.64. The van der Waals surface area contributed by atoms with Gasteiger partial charge < -0.3 is 19.6 Å². The molecule has 8 heteroatoms. The molecule has 1 amide bonds. The van der Waals surface area contributed by atoms with Crippen LogP contribution in [0, 0.1) is 0 Å². The maximum absolute atomic E-state index is 11.1. The van der Waals surface area contributed by atoms with Crippen LogP contribution in [0.1, 0.15) is 12.5 Å². The van der Waals surface area contributed by atoms with Crippen molar-refractivity contribution in [3.05, 3.63) is 42.5 Å². The van der Waals surface area contributed by atoms with E-state index in [1.165, 1.54) is 4.90 Å². The van der Waals surface area contributed by atoms with Gasteiger partial charge in [-0.2, -0.15) is 0 Å². The molecule has 1 atom stereocenters. The third-order valence-corrected chi connectivity index (χ3v) is 3.94. The molecule has 0 aromatic carbocycles. The summed E-state index contributed by atoms with van der Waals surface area (Å²) in [6, 6.07) is 3.75. The summed E-state index contributed by atoms with van der Waals surface area (Å²) in [6.45, 7) is 3.75. The van der Waals surface area contributed by atoms with Crippen molar-refractivity contribution in [3.63, 3.8) is 0 Å². The van der Waals surface area contributed by atoms with Crippen LogP contribution in [0.2, 0.25) is 0 Å². The minimum atomic E-state index is -0.894. The largest absolute Gasteiger partial charge is 0.470 e. The Morgan fingerprint density at radius 2 is 2.00 bits per heavy atom. The zero-order chi connectivity index (χ0) is 16.9. The van der Waals surface area contributed by atoms with E-state index in [-0.39, 0.29) is 6.04 Å². The maximum atomic E-state index is 11.1. The standard InChI is InChI=1S/C16H19N5O3/c1-12-10-20(16(22)23)8-9-21(12)14-15(19-7-6-18-14)24-11-13-2-4-17-5-3-13/h2-7,12H,8-11H2,1H3,(H,22,23). The number of aromatic nitrogens is 3. The highest BCUT2D eigenvalue weighted by atomic mass is 16.5. The van der Waals surface area contributed by atoms with E-state index in [1.807, 2.05) is 24.0 Å². The van der Waals surface area contributed by atoms with Gasteiger partial charge >= 0.3 is 6.09 Å². The van der Waals surface area contributed by atoms with Gasteiger partial charge in [0.1, 0.15) is 6.61 Å². The van der Waals surface area contributed by atoms with Gasteiger partial charge in [-0.1, -0.05) is 0 Å². The number of amides is 1. The number of ether oxygens (including phenoxy) is 1. The number of piperazine rings is 1. The maximum Gasteiger partial charge on any atom is 0.407 e. The van der Waals surface area contributed by atoms with Crippen LogP contribution >= 0.6 is 0 Å². The van der Waals surface area contributed by atoms with E-state index in [4.69, 9.17) is 9.84 Å². The first-order chi connectivity index (χ1) is 11.6. The Morgan fingerprint density at radius 1 is 1.25 bits per heavy atom. The Morgan fingerprint density at radius 3 is 2.71 bits per heavy atom. The number of pyridine rings is 1. The van der Waals surface area contributed by atoms with Crippen molar-refractivity contribution in [2.24, 2.45) is 0 Å². The van der Waals surface area contributed by atoms with E-state index in [0.717, 1.165) is 5.56 Å². The van der Waals surface area contributed by atoms with Crippen molar-refractivity contribution in [2.45, 2.75) is 19.6 Å². The molecule has 24 heavy (non-hydrogen) atoms. The molecule has 1 aliphatic rings. The van der Waals surface area contributed by atoms with E-state index >= 15 is 0 Å². The van der Waals surface area contributed by atoms with Crippen LogP contribution in [-0.2, 0) is 6.61 Å². The second kappa shape index (κ2) is 7.12.